The summed E-state index contributed by atoms with van der Waals surface area (Å²) in [5.41, 5.74) is 3.71. The van der Waals surface area contributed by atoms with Crippen molar-refractivity contribution >= 4 is 5.91 Å². The lowest BCUT2D eigenvalue weighted by Gasteiger charge is -2.41. The molecule has 0 saturated carbocycles. The molecule has 4 rings (SSSR count). The van der Waals surface area contributed by atoms with E-state index in [-0.39, 0.29) is 11.7 Å². The predicted molar refractivity (Wildman–Crippen MR) is 125 cm³/mol. The summed E-state index contributed by atoms with van der Waals surface area (Å²) in [5.74, 6) is -0.127. The van der Waals surface area contributed by atoms with E-state index in [9.17, 15) is 9.18 Å². The molecule has 0 atom stereocenters. The van der Waals surface area contributed by atoms with Crippen molar-refractivity contribution in [1.29, 1.82) is 0 Å². The summed E-state index contributed by atoms with van der Waals surface area (Å²) < 4.78 is 13.9. The number of nitrogens with zero attached hydrogens (tertiary/aromatic N) is 2. The Morgan fingerprint density at radius 1 is 1.06 bits per heavy atom. The Morgan fingerprint density at radius 3 is 2.53 bits per heavy atom. The molecule has 2 aromatic carbocycles. The van der Waals surface area contributed by atoms with Crippen molar-refractivity contribution < 1.29 is 9.18 Å². The van der Waals surface area contributed by atoms with E-state index in [2.05, 4.69) is 21.3 Å². The van der Waals surface area contributed by atoms with Gasteiger partial charge in [-0.05, 0) is 85.8 Å². The fraction of sp³-hybridized carbons (Fsp3) is 0.333. The Hall–Kier alpha value is -3.05. The molecule has 1 aromatic heterocycles. The van der Waals surface area contributed by atoms with Crippen LogP contribution >= 0.6 is 0 Å². The summed E-state index contributed by atoms with van der Waals surface area (Å²) >= 11 is 0. The number of hydrogen-bond acceptors (Lipinski definition) is 3. The van der Waals surface area contributed by atoms with Crippen LogP contribution in [0.15, 0.2) is 73.1 Å². The minimum absolute atomic E-state index is 0.123. The first-order valence-electron chi connectivity index (χ1n) is 11.3. The molecule has 1 N–H and O–H groups in total. The molecule has 4 nitrogen and oxygen atoms in total. The van der Waals surface area contributed by atoms with Crippen molar-refractivity contribution in [2.45, 2.75) is 32.7 Å². The van der Waals surface area contributed by atoms with Crippen LogP contribution in [0.4, 0.5) is 4.39 Å². The van der Waals surface area contributed by atoms with E-state index in [1.807, 2.05) is 55.7 Å². The summed E-state index contributed by atoms with van der Waals surface area (Å²) in [5, 5.41) is 3.08. The van der Waals surface area contributed by atoms with E-state index in [1.165, 1.54) is 11.6 Å². The molecule has 0 unspecified atom stereocenters. The number of nitrogens with one attached hydrogen (secondary N) is 1. The Morgan fingerprint density at radius 2 is 1.81 bits per heavy atom. The number of halogens is 1. The van der Waals surface area contributed by atoms with Gasteiger partial charge in [0.25, 0.3) is 0 Å². The lowest BCUT2D eigenvalue weighted by Crippen LogP contribution is -2.49. The lowest BCUT2D eigenvalue weighted by molar-refractivity contribution is -0.134. The maximum absolute atomic E-state index is 13.9. The molecule has 3 aromatic rings. The number of rotatable bonds is 7. The zero-order valence-electron chi connectivity index (χ0n) is 18.6. The fourth-order valence-corrected chi connectivity index (χ4v) is 4.69. The minimum Gasteiger partial charge on any atom is -0.356 e. The summed E-state index contributed by atoms with van der Waals surface area (Å²) in [6.45, 7) is 5.18. The molecular weight excluding hydrogens is 401 g/mol. The van der Waals surface area contributed by atoms with Crippen LogP contribution in [-0.2, 0) is 17.8 Å². The number of amides is 1. The average molecular weight is 432 g/mol. The molecule has 32 heavy (non-hydrogen) atoms. The number of aromatic nitrogens is 1. The normalized spacial score (nSPS) is 15.9. The molecule has 1 amide bonds. The highest BCUT2D eigenvalue weighted by atomic mass is 19.1. The SMILES string of the molecule is CCNC(=O)C1(Cc2ccccc2-c2cccc(F)c2)CCN(Cc2ccncc2)CC1. The van der Waals surface area contributed by atoms with Crippen LogP contribution in [0.1, 0.15) is 30.9 Å². The number of likely N-dealkylation sites (tertiary alicyclic amines) is 1. The van der Waals surface area contributed by atoms with Crippen molar-refractivity contribution in [3.63, 3.8) is 0 Å². The van der Waals surface area contributed by atoms with Crippen LogP contribution in [0.3, 0.4) is 0 Å². The Bertz CT molecular complexity index is 1050. The molecule has 0 bridgehead atoms. The van der Waals surface area contributed by atoms with Gasteiger partial charge >= 0.3 is 0 Å². The molecule has 0 spiro atoms. The first-order chi connectivity index (χ1) is 15.6. The van der Waals surface area contributed by atoms with E-state index in [1.54, 1.807) is 12.1 Å². The van der Waals surface area contributed by atoms with Gasteiger partial charge in [-0.15, -0.1) is 0 Å². The molecule has 1 aliphatic rings. The van der Waals surface area contributed by atoms with Gasteiger partial charge in [-0.1, -0.05) is 36.4 Å². The van der Waals surface area contributed by atoms with Crippen molar-refractivity contribution in [2.24, 2.45) is 5.41 Å². The number of piperidine rings is 1. The van der Waals surface area contributed by atoms with Crippen molar-refractivity contribution in [1.82, 2.24) is 15.2 Å². The van der Waals surface area contributed by atoms with Crippen LogP contribution in [0, 0.1) is 11.2 Å². The maximum Gasteiger partial charge on any atom is 0.226 e. The van der Waals surface area contributed by atoms with E-state index < -0.39 is 5.41 Å². The monoisotopic (exact) mass is 431 g/mol. The van der Waals surface area contributed by atoms with E-state index >= 15 is 0 Å². The quantitative estimate of drug-likeness (QED) is 0.582. The Balaban J connectivity index is 1.57. The van der Waals surface area contributed by atoms with Crippen molar-refractivity contribution in [3.8, 4) is 11.1 Å². The highest BCUT2D eigenvalue weighted by Gasteiger charge is 2.41. The van der Waals surface area contributed by atoms with Crippen molar-refractivity contribution in [3.05, 3.63) is 90.0 Å². The zero-order valence-corrected chi connectivity index (χ0v) is 18.6. The molecule has 1 saturated heterocycles. The van der Waals surface area contributed by atoms with Crippen LogP contribution in [0.5, 0.6) is 0 Å². The van der Waals surface area contributed by atoms with Gasteiger partial charge in [0.2, 0.25) is 5.91 Å². The first-order valence-corrected chi connectivity index (χ1v) is 11.3. The topological polar surface area (TPSA) is 45.2 Å². The average Bonchev–Trinajstić information content (AvgIpc) is 2.82. The third kappa shape index (κ3) is 5.05. The van der Waals surface area contributed by atoms with Gasteiger partial charge in [0.05, 0.1) is 5.41 Å². The highest BCUT2D eigenvalue weighted by Crippen LogP contribution is 2.38. The molecule has 166 valence electrons. The summed E-state index contributed by atoms with van der Waals surface area (Å²) in [6, 6.07) is 18.8. The molecule has 5 heteroatoms. The van der Waals surface area contributed by atoms with Gasteiger partial charge in [0.15, 0.2) is 0 Å². The van der Waals surface area contributed by atoms with Gasteiger partial charge in [-0.3, -0.25) is 14.7 Å². The summed E-state index contributed by atoms with van der Waals surface area (Å²) in [4.78, 5) is 19.8. The Kier molecular flexibility index (Phi) is 6.96. The van der Waals surface area contributed by atoms with Gasteiger partial charge in [0, 0.05) is 25.5 Å². The number of carbonyl (C=O) groups excluding carboxylic acids is 1. The third-order valence-electron chi connectivity index (χ3n) is 6.47. The maximum atomic E-state index is 13.9. The largest absolute Gasteiger partial charge is 0.356 e. The fourth-order valence-electron chi connectivity index (χ4n) is 4.69. The number of hydrogen-bond donors (Lipinski definition) is 1. The van der Waals surface area contributed by atoms with E-state index in [0.29, 0.717) is 13.0 Å². The number of benzene rings is 2. The number of pyridine rings is 1. The van der Waals surface area contributed by atoms with Gasteiger partial charge in [-0.2, -0.15) is 0 Å². The highest BCUT2D eigenvalue weighted by molar-refractivity contribution is 5.83. The van der Waals surface area contributed by atoms with Gasteiger partial charge in [0.1, 0.15) is 5.82 Å². The molecular formula is C27H30FN3O. The first kappa shape index (κ1) is 22.2. The van der Waals surface area contributed by atoms with Crippen molar-refractivity contribution in [2.75, 3.05) is 19.6 Å². The standard InChI is InChI=1S/C27H30FN3O/c1-2-30-26(32)27(12-16-31(17-13-27)20-21-10-14-29-15-11-21)19-23-6-3-4-9-25(23)22-7-5-8-24(28)18-22/h3-11,14-15,18H,2,12-13,16-17,19-20H2,1H3,(H,30,32). The molecule has 1 aliphatic heterocycles. The zero-order chi connectivity index (χ0) is 22.4. The summed E-state index contributed by atoms with van der Waals surface area (Å²) in [7, 11) is 0. The Labute approximate surface area is 189 Å². The second kappa shape index (κ2) is 10.0. The summed E-state index contributed by atoms with van der Waals surface area (Å²) in [6.07, 6.45) is 5.88. The van der Waals surface area contributed by atoms with E-state index in [0.717, 1.165) is 49.2 Å². The van der Waals surface area contributed by atoms with E-state index in [4.69, 9.17) is 0 Å². The molecule has 1 fully saturated rings. The predicted octanol–water partition coefficient (Wildman–Crippen LogP) is 4.85. The minimum atomic E-state index is -0.464. The third-order valence-corrected chi connectivity index (χ3v) is 6.47. The van der Waals surface area contributed by atoms with Crippen LogP contribution < -0.4 is 5.32 Å². The van der Waals surface area contributed by atoms with Crippen LogP contribution in [0.2, 0.25) is 0 Å². The number of carbonyl (C=O) groups is 1. The van der Waals surface area contributed by atoms with Gasteiger partial charge < -0.3 is 5.32 Å². The van der Waals surface area contributed by atoms with Crippen LogP contribution in [0.25, 0.3) is 11.1 Å². The molecule has 2 heterocycles. The second-order valence-corrected chi connectivity index (χ2v) is 8.62. The van der Waals surface area contributed by atoms with Crippen LogP contribution in [-0.4, -0.2) is 35.4 Å². The second-order valence-electron chi connectivity index (χ2n) is 8.62. The lowest BCUT2D eigenvalue weighted by atomic mass is 9.72. The molecule has 0 radical (unpaired) electrons. The molecule has 0 aliphatic carbocycles. The van der Waals surface area contributed by atoms with Gasteiger partial charge in [-0.25, -0.2) is 4.39 Å². The smallest absolute Gasteiger partial charge is 0.226 e.